The van der Waals surface area contributed by atoms with Gasteiger partial charge < -0.3 is 10.6 Å². The minimum Gasteiger partial charge on any atom is -0.334 e. The molecule has 0 bridgehead atoms. The van der Waals surface area contributed by atoms with E-state index in [1.807, 2.05) is 24.3 Å². The normalized spacial score (nSPS) is 12.8. The van der Waals surface area contributed by atoms with Crippen LogP contribution in [-0.4, -0.2) is 13.1 Å². The van der Waals surface area contributed by atoms with E-state index in [9.17, 15) is 0 Å². The van der Waals surface area contributed by atoms with Gasteiger partial charge in [-0.2, -0.15) is 10.5 Å². The van der Waals surface area contributed by atoms with Gasteiger partial charge in [-0.25, -0.2) is 0 Å². The maximum Gasteiger partial charge on any atom is 0.168 e. The van der Waals surface area contributed by atoms with Crippen molar-refractivity contribution in [3.63, 3.8) is 0 Å². The van der Waals surface area contributed by atoms with Crippen LogP contribution in [0, 0.1) is 22.7 Å². The molecule has 134 valence electrons. The molecule has 0 saturated heterocycles. The van der Waals surface area contributed by atoms with Crippen molar-refractivity contribution in [3.8, 4) is 12.1 Å². The summed E-state index contributed by atoms with van der Waals surface area (Å²) in [5.74, 6) is 0. The molecule has 0 saturated carbocycles. The Balaban J connectivity index is 2.34. The lowest BCUT2D eigenvalue weighted by Gasteiger charge is -2.24. The molecule has 0 aliphatic heterocycles. The number of halogens is 2. The zero-order chi connectivity index (χ0) is 18.8. The molecular formula is C20H22Br2N4+2. The SMILES string of the molecule is N#CCC[NH2+][C@@H](c1ccc(Br)cc1)[C@@H]([NH2+]CCC#N)c1ccc(Br)cc1. The summed E-state index contributed by atoms with van der Waals surface area (Å²) in [5, 5.41) is 22.3. The minimum atomic E-state index is 0.163. The van der Waals surface area contributed by atoms with Crippen LogP contribution in [0.5, 0.6) is 0 Å². The van der Waals surface area contributed by atoms with Crippen LogP contribution in [0.2, 0.25) is 0 Å². The van der Waals surface area contributed by atoms with Gasteiger partial charge in [0.05, 0.1) is 38.1 Å². The van der Waals surface area contributed by atoms with Crippen LogP contribution in [0.4, 0.5) is 0 Å². The molecule has 0 aromatic heterocycles. The lowest BCUT2D eigenvalue weighted by molar-refractivity contribution is -0.784. The molecule has 0 unspecified atom stereocenters. The molecule has 2 rings (SSSR count). The maximum absolute atomic E-state index is 8.92. The monoisotopic (exact) mass is 476 g/mol. The number of nitriles is 2. The van der Waals surface area contributed by atoms with Crippen LogP contribution in [0.25, 0.3) is 0 Å². The highest BCUT2D eigenvalue weighted by Gasteiger charge is 2.30. The first kappa shape index (κ1) is 20.6. The molecule has 0 heterocycles. The fraction of sp³-hybridized carbons (Fsp3) is 0.300. The number of quaternary nitrogens is 2. The Morgan fingerprint density at radius 2 is 1.04 bits per heavy atom. The van der Waals surface area contributed by atoms with Crippen molar-refractivity contribution in [2.75, 3.05) is 13.1 Å². The van der Waals surface area contributed by atoms with Gasteiger partial charge in [-0.15, -0.1) is 0 Å². The predicted octanol–water partition coefficient (Wildman–Crippen LogP) is 2.95. The Kier molecular flexibility index (Phi) is 8.80. The number of hydrogen-bond donors (Lipinski definition) is 2. The average molecular weight is 478 g/mol. The zero-order valence-electron chi connectivity index (χ0n) is 14.4. The summed E-state index contributed by atoms with van der Waals surface area (Å²) < 4.78 is 2.09. The average Bonchev–Trinajstić information content (AvgIpc) is 2.65. The van der Waals surface area contributed by atoms with Gasteiger partial charge in [0.25, 0.3) is 0 Å². The van der Waals surface area contributed by atoms with E-state index in [1.165, 1.54) is 11.1 Å². The van der Waals surface area contributed by atoms with Gasteiger partial charge in [0, 0.05) is 20.1 Å². The summed E-state index contributed by atoms with van der Waals surface area (Å²) in [7, 11) is 0. The van der Waals surface area contributed by atoms with Gasteiger partial charge in [0.1, 0.15) is 0 Å². The maximum atomic E-state index is 8.92. The van der Waals surface area contributed by atoms with E-state index in [0.29, 0.717) is 12.8 Å². The van der Waals surface area contributed by atoms with E-state index in [0.717, 1.165) is 22.0 Å². The molecule has 0 fully saturated rings. The smallest absolute Gasteiger partial charge is 0.168 e. The number of rotatable bonds is 9. The largest absolute Gasteiger partial charge is 0.334 e. The molecule has 0 aliphatic carbocycles. The minimum absolute atomic E-state index is 0.163. The third-order valence-corrected chi connectivity index (χ3v) is 5.31. The van der Waals surface area contributed by atoms with E-state index in [4.69, 9.17) is 10.5 Å². The molecular weight excluding hydrogens is 456 g/mol. The molecule has 26 heavy (non-hydrogen) atoms. The van der Waals surface area contributed by atoms with Gasteiger partial charge in [0.2, 0.25) is 0 Å². The molecule has 2 aromatic carbocycles. The Bertz CT molecular complexity index is 693. The molecule has 6 heteroatoms. The van der Waals surface area contributed by atoms with Gasteiger partial charge >= 0.3 is 0 Å². The van der Waals surface area contributed by atoms with Crippen LogP contribution in [0.15, 0.2) is 57.5 Å². The number of nitrogens with two attached hydrogens (primary N) is 2. The van der Waals surface area contributed by atoms with Crippen molar-refractivity contribution < 1.29 is 10.6 Å². The highest BCUT2D eigenvalue weighted by Crippen LogP contribution is 2.25. The first-order chi connectivity index (χ1) is 12.7. The Labute approximate surface area is 171 Å². The fourth-order valence-corrected chi connectivity index (χ4v) is 3.53. The Morgan fingerprint density at radius 1 is 0.692 bits per heavy atom. The predicted molar refractivity (Wildman–Crippen MR) is 108 cm³/mol. The molecule has 0 aliphatic rings. The van der Waals surface area contributed by atoms with Gasteiger partial charge in [-0.3, -0.25) is 0 Å². The summed E-state index contributed by atoms with van der Waals surface area (Å²) >= 11 is 6.99. The molecule has 0 spiro atoms. The number of nitrogens with zero attached hydrogens (tertiary/aromatic N) is 2. The Hall–Kier alpha value is -1.70. The number of benzene rings is 2. The molecule has 2 atom stereocenters. The third kappa shape index (κ3) is 6.23. The van der Waals surface area contributed by atoms with Crippen molar-refractivity contribution in [1.29, 1.82) is 10.5 Å². The van der Waals surface area contributed by atoms with E-state index >= 15 is 0 Å². The quantitative estimate of drug-likeness (QED) is 0.544. The van der Waals surface area contributed by atoms with E-state index in [-0.39, 0.29) is 12.1 Å². The van der Waals surface area contributed by atoms with Gasteiger partial charge in [-0.1, -0.05) is 56.1 Å². The number of hydrogen-bond acceptors (Lipinski definition) is 2. The highest BCUT2D eigenvalue weighted by atomic mass is 79.9. The Morgan fingerprint density at radius 3 is 1.35 bits per heavy atom. The molecule has 0 radical (unpaired) electrons. The summed E-state index contributed by atoms with van der Waals surface area (Å²) in [6.45, 7) is 1.49. The van der Waals surface area contributed by atoms with Crippen LogP contribution in [-0.2, 0) is 0 Å². The second kappa shape index (κ2) is 11.1. The van der Waals surface area contributed by atoms with E-state index in [1.54, 1.807) is 0 Å². The molecule has 4 nitrogen and oxygen atoms in total. The van der Waals surface area contributed by atoms with Crippen LogP contribution in [0.3, 0.4) is 0 Å². The molecule has 0 amide bonds. The third-order valence-electron chi connectivity index (χ3n) is 4.25. The van der Waals surface area contributed by atoms with Gasteiger partial charge in [0.15, 0.2) is 12.1 Å². The van der Waals surface area contributed by atoms with Crippen molar-refractivity contribution in [2.24, 2.45) is 0 Å². The molecule has 4 N–H and O–H groups in total. The first-order valence-corrected chi connectivity index (χ1v) is 10.2. The van der Waals surface area contributed by atoms with Crippen LogP contribution >= 0.6 is 31.9 Å². The topological polar surface area (TPSA) is 80.8 Å². The second-order valence-corrected chi connectivity index (χ2v) is 7.85. The van der Waals surface area contributed by atoms with Crippen molar-refractivity contribution in [1.82, 2.24) is 0 Å². The van der Waals surface area contributed by atoms with Crippen molar-refractivity contribution in [3.05, 3.63) is 68.6 Å². The summed E-state index contributed by atoms with van der Waals surface area (Å²) in [5.41, 5.74) is 2.43. The second-order valence-electron chi connectivity index (χ2n) is 6.02. The summed E-state index contributed by atoms with van der Waals surface area (Å²) in [6.07, 6.45) is 1.02. The van der Waals surface area contributed by atoms with E-state index in [2.05, 4.69) is 78.9 Å². The highest BCUT2D eigenvalue weighted by molar-refractivity contribution is 9.10. The lowest BCUT2D eigenvalue weighted by atomic mass is 9.93. The molecule has 2 aromatic rings. The van der Waals surface area contributed by atoms with Crippen LogP contribution < -0.4 is 10.6 Å². The fourth-order valence-electron chi connectivity index (χ4n) is 3.00. The lowest BCUT2D eigenvalue weighted by Crippen LogP contribution is -2.96. The standard InChI is InChI=1S/C20H20Br2N4/c21-17-7-3-15(4-8-17)19(25-13-1-11-23)20(26-14-2-12-24)16-5-9-18(22)10-6-16/h3-10,19-20,25-26H,1-2,13-14H2/p+2/t19-,20-/m0/s1. The first-order valence-electron chi connectivity index (χ1n) is 8.57. The summed E-state index contributed by atoms with van der Waals surface area (Å²) in [6, 6.07) is 21.5. The van der Waals surface area contributed by atoms with Gasteiger partial charge in [-0.05, 0) is 24.3 Å². The summed E-state index contributed by atoms with van der Waals surface area (Å²) in [4.78, 5) is 0. The van der Waals surface area contributed by atoms with Crippen LogP contribution in [0.1, 0.15) is 36.1 Å². The van der Waals surface area contributed by atoms with Crippen molar-refractivity contribution >= 4 is 31.9 Å². The van der Waals surface area contributed by atoms with Crippen molar-refractivity contribution in [2.45, 2.75) is 24.9 Å². The zero-order valence-corrected chi connectivity index (χ0v) is 17.6. The van der Waals surface area contributed by atoms with E-state index < -0.39 is 0 Å².